The first kappa shape index (κ1) is 31.8. The molecule has 0 aliphatic heterocycles. The zero-order valence-electron chi connectivity index (χ0n) is 27.4. The topological polar surface area (TPSA) is 55.8 Å². The van der Waals surface area contributed by atoms with E-state index in [1.54, 1.807) is 0 Å². The second-order valence-corrected chi connectivity index (χ2v) is 15.4. The molecule has 9 atom stereocenters. The average Bonchev–Trinajstić information content (AvgIpc) is 3.32. The maximum atomic E-state index is 11.6. The number of hydrogen-bond acceptors (Lipinski definition) is 4. The first-order chi connectivity index (χ1) is 20.0. The summed E-state index contributed by atoms with van der Waals surface area (Å²) in [6, 6.07) is 10.8. The number of hydrogen-bond donors (Lipinski definition) is 1. The number of esters is 1. The average molecular weight is 579 g/mol. The van der Waals surface area contributed by atoms with Crippen LogP contribution in [0.4, 0.5) is 0 Å². The first-order valence-corrected chi connectivity index (χ1v) is 17.2. The Balaban J connectivity index is 1.35. The Labute approximate surface area is 256 Å². The molecule has 234 valence electrons. The summed E-state index contributed by atoms with van der Waals surface area (Å²) in [5.41, 5.74) is 3.07. The molecule has 0 spiro atoms. The van der Waals surface area contributed by atoms with Crippen LogP contribution < -0.4 is 0 Å². The van der Waals surface area contributed by atoms with Crippen LogP contribution in [0.15, 0.2) is 42.0 Å². The molecule has 0 radical (unpaired) electrons. The molecule has 0 aromatic heterocycles. The number of rotatable bonds is 11. The normalized spacial score (nSPS) is 36.3. The zero-order valence-corrected chi connectivity index (χ0v) is 27.4. The Kier molecular flexibility index (Phi) is 9.65. The number of aliphatic hydroxyl groups is 1. The molecule has 42 heavy (non-hydrogen) atoms. The highest BCUT2D eigenvalue weighted by molar-refractivity contribution is 5.65. The molecular weight excluding hydrogens is 520 g/mol. The predicted molar refractivity (Wildman–Crippen MR) is 170 cm³/mol. The molecule has 1 aromatic rings. The van der Waals surface area contributed by atoms with Gasteiger partial charge in [-0.1, -0.05) is 89.4 Å². The Morgan fingerprint density at radius 2 is 1.76 bits per heavy atom. The van der Waals surface area contributed by atoms with Gasteiger partial charge in [0, 0.05) is 12.8 Å². The van der Waals surface area contributed by atoms with Crippen LogP contribution in [0.2, 0.25) is 0 Å². The van der Waals surface area contributed by atoms with E-state index in [2.05, 4.69) is 71.0 Å². The van der Waals surface area contributed by atoms with Crippen LogP contribution >= 0.6 is 0 Å². The third-order valence-corrected chi connectivity index (χ3v) is 13.1. The van der Waals surface area contributed by atoms with Crippen molar-refractivity contribution in [3.63, 3.8) is 0 Å². The molecule has 0 saturated heterocycles. The van der Waals surface area contributed by atoms with Gasteiger partial charge >= 0.3 is 5.97 Å². The van der Waals surface area contributed by atoms with Crippen molar-refractivity contribution in [2.45, 2.75) is 130 Å². The van der Waals surface area contributed by atoms with Crippen molar-refractivity contribution in [3.8, 4) is 0 Å². The van der Waals surface area contributed by atoms with Crippen LogP contribution in [0.3, 0.4) is 0 Å². The molecule has 3 saturated carbocycles. The second-order valence-electron chi connectivity index (χ2n) is 15.4. The monoisotopic (exact) mass is 578 g/mol. The van der Waals surface area contributed by atoms with Gasteiger partial charge in [0.05, 0.1) is 24.9 Å². The molecule has 0 amide bonds. The minimum Gasteiger partial charge on any atom is -0.466 e. The molecule has 1 N–H and O–H groups in total. The molecule has 4 nitrogen and oxygen atoms in total. The molecule has 7 unspecified atom stereocenters. The van der Waals surface area contributed by atoms with Gasteiger partial charge in [0.1, 0.15) is 0 Å². The summed E-state index contributed by atoms with van der Waals surface area (Å²) in [6.45, 7) is 14.5. The van der Waals surface area contributed by atoms with Crippen molar-refractivity contribution in [1.29, 1.82) is 0 Å². The minimum atomic E-state index is -0.385. The summed E-state index contributed by atoms with van der Waals surface area (Å²) in [7, 11) is 0. The van der Waals surface area contributed by atoms with Gasteiger partial charge in [-0.25, -0.2) is 0 Å². The number of carbonyl (C=O) groups is 1. The van der Waals surface area contributed by atoms with Crippen LogP contribution in [0.1, 0.15) is 118 Å². The molecule has 4 aliphatic rings. The van der Waals surface area contributed by atoms with Gasteiger partial charge in [-0.05, 0) is 104 Å². The van der Waals surface area contributed by atoms with E-state index < -0.39 is 0 Å². The lowest BCUT2D eigenvalue weighted by molar-refractivity contribution is -0.261. The largest absolute Gasteiger partial charge is 0.466 e. The number of carbonyl (C=O) groups excluding carboxylic acids is 1. The van der Waals surface area contributed by atoms with E-state index >= 15 is 0 Å². The standard InChI is InChI=1S/C38H58O4/c1-26(2)30(19-23-41-28(4)39)24-35(40)27(3)32-17-18-33-34-16-15-31-14-10-11-20-37(31,6)38(34,22-21-36(32,33)5)42-25-29-12-8-7-9-13-29/h7-9,12-13,17,26-27,30-31,33-35,40H,10-11,14-16,18-25H2,1-6H3/t27?,30?,31?,33?,34?,35?,36-,37+,38?/m1/s1. The van der Waals surface area contributed by atoms with Gasteiger partial charge in [0.25, 0.3) is 0 Å². The van der Waals surface area contributed by atoms with Crippen molar-refractivity contribution < 1.29 is 19.4 Å². The Morgan fingerprint density at radius 3 is 2.48 bits per heavy atom. The number of allylic oxidation sites excluding steroid dienone is 1. The number of aliphatic hydroxyl groups excluding tert-OH is 1. The molecule has 4 aliphatic carbocycles. The highest BCUT2D eigenvalue weighted by atomic mass is 16.5. The van der Waals surface area contributed by atoms with E-state index in [4.69, 9.17) is 9.47 Å². The zero-order chi connectivity index (χ0) is 30.1. The van der Waals surface area contributed by atoms with Gasteiger partial charge in [-0.15, -0.1) is 0 Å². The van der Waals surface area contributed by atoms with Crippen molar-refractivity contribution in [2.75, 3.05) is 6.61 Å². The Bertz CT molecular complexity index is 1100. The fourth-order valence-electron chi connectivity index (χ4n) is 10.4. The quantitative estimate of drug-likeness (QED) is 0.210. The molecule has 5 rings (SSSR count). The van der Waals surface area contributed by atoms with E-state index in [0.29, 0.717) is 36.9 Å². The fourth-order valence-corrected chi connectivity index (χ4v) is 10.4. The van der Waals surface area contributed by atoms with Crippen LogP contribution in [-0.4, -0.2) is 29.4 Å². The lowest BCUT2D eigenvalue weighted by atomic mass is 9.42. The Morgan fingerprint density at radius 1 is 1.00 bits per heavy atom. The van der Waals surface area contributed by atoms with Crippen molar-refractivity contribution in [3.05, 3.63) is 47.5 Å². The molecular formula is C38H58O4. The van der Waals surface area contributed by atoms with Crippen molar-refractivity contribution in [2.24, 2.45) is 46.3 Å². The van der Waals surface area contributed by atoms with Gasteiger partial charge < -0.3 is 14.6 Å². The summed E-state index contributed by atoms with van der Waals surface area (Å²) < 4.78 is 12.6. The predicted octanol–water partition coefficient (Wildman–Crippen LogP) is 8.91. The van der Waals surface area contributed by atoms with Crippen molar-refractivity contribution in [1.82, 2.24) is 0 Å². The molecule has 4 heteroatoms. The van der Waals surface area contributed by atoms with Crippen molar-refractivity contribution >= 4 is 5.97 Å². The van der Waals surface area contributed by atoms with Gasteiger partial charge in [-0.3, -0.25) is 4.79 Å². The van der Waals surface area contributed by atoms with Gasteiger partial charge in [0.2, 0.25) is 0 Å². The molecule has 0 bridgehead atoms. The van der Waals surface area contributed by atoms with E-state index in [1.165, 1.54) is 56.6 Å². The lowest BCUT2D eigenvalue weighted by Gasteiger charge is -2.66. The first-order valence-electron chi connectivity index (χ1n) is 17.2. The van der Waals surface area contributed by atoms with E-state index in [1.807, 2.05) is 0 Å². The highest BCUT2D eigenvalue weighted by Crippen LogP contribution is 2.70. The number of ether oxygens (including phenoxy) is 2. The highest BCUT2D eigenvalue weighted by Gasteiger charge is 2.67. The third-order valence-electron chi connectivity index (χ3n) is 13.1. The lowest BCUT2D eigenvalue weighted by Crippen LogP contribution is -2.66. The summed E-state index contributed by atoms with van der Waals surface area (Å²) in [6.07, 6.45) is 15.1. The summed E-state index contributed by atoms with van der Waals surface area (Å²) in [4.78, 5) is 11.3. The SMILES string of the molecule is CC(=O)OCCC(CC(O)C(C)C1=CCC2C3CCC4CCCC[C@]4(C)C3(OCc3ccccc3)CC[C@]12C)C(C)C. The Hall–Kier alpha value is -1.65. The summed E-state index contributed by atoms with van der Waals surface area (Å²) in [5, 5.41) is 11.6. The third kappa shape index (κ3) is 5.76. The van der Waals surface area contributed by atoms with Gasteiger partial charge in [0.15, 0.2) is 0 Å². The van der Waals surface area contributed by atoms with E-state index in [-0.39, 0.29) is 34.4 Å². The van der Waals surface area contributed by atoms with Crippen LogP contribution in [-0.2, 0) is 20.9 Å². The molecule has 1 aromatic carbocycles. The minimum absolute atomic E-state index is 0.0685. The smallest absolute Gasteiger partial charge is 0.302 e. The summed E-state index contributed by atoms with van der Waals surface area (Å²) >= 11 is 0. The number of benzene rings is 1. The van der Waals surface area contributed by atoms with E-state index in [0.717, 1.165) is 38.0 Å². The van der Waals surface area contributed by atoms with E-state index in [9.17, 15) is 9.90 Å². The fraction of sp³-hybridized carbons (Fsp3) is 0.763. The number of fused-ring (bicyclic) bond motifs is 5. The maximum absolute atomic E-state index is 11.6. The molecule has 3 fully saturated rings. The van der Waals surface area contributed by atoms with Crippen LogP contribution in [0.25, 0.3) is 0 Å². The van der Waals surface area contributed by atoms with Gasteiger partial charge in [-0.2, -0.15) is 0 Å². The van der Waals surface area contributed by atoms with Crippen LogP contribution in [0.5, 0.6) is 0 Å². The molecule has 0 heterocycles. The summed E-state index contributed by atoms with van der Waals surface area (Å²) in [5.74, 6) is 2.59. The maximum Gasteiger partial charge on any atom is 0.302 e. The second kappa shape index (κ2) is 12.8. The van der Waals surface area contributed by atoms with Crippen LogP contribution in [0, 0.1) is 46.3 Å².